The molecular weight excluding hydrogens is 420 g/mol. The lowest BCUT2D eigenvalue weighted by molar-refractivity contribution is 0.687. The smallest absolute Gasteiger partial charge is 0.191 e. The first kappa shape index (κ1) is 18.9. The minimum absolute atomic E-state index is 0.542. The van der Waals surface area contributed by atoms with Crippen molar-refractivity contribution in [1.82, 2.24) is 14.8 Å². The van der Waals surface area contributed by atoms with E-state index < -0.39 is 0 Å². The summed E-state index contributed by atoms with van der Waals surface area (Å²) in [5.74, 6) is 1.31. The molecule has 0 amide bonds. The van der Waals surface area contributed by atoms with Gasteiger partial charge >= 0.3 is 0 Å². The van der Waals surface area contributed by atoms with Crippen molar-refractivity contribution in [1.29, 1.82) is 0 Å². The summed E-state index contributed by atoms with van der Waals surface area (Å²) in [6, 6.07) is 10.8. The van der Waals surface area contributed by atoms with Crippen LogP contribution in [0.15, 0.2) is 41.6 Å². The van der Waals surface area contributed by atoms with E-state index in [1.807, 2.05) is 35.8 Å². The van der Waals surface area contributed by atoms with Crippen LogP contribution in [0.5, 0.6) is 0 Å². The van der Waals surface area contributed by atoms with Gasteiger partial charge < -0.3 is 4.57 Å². The summed E-state index contributed by atoms with van der Waals surface area (Å²) in [4.78, 5) is 0. The molecule has 0 unspecified atom stereocenters. The second-order valence-corrected chi connectivity index (χ2v) is 7.76. The fourth-order valence-corrected chi connectivity index (χ4v) is 4.59. The molecule has 0 spiro atoms. The Balaban J connectivity index is 1.90. The molecule has 0 saturated heterocycles. The molecule has 0 saturated carbocycles. The fraction of sp³-hybridized carbons (Fsp3) is 0.176. The minimum Gasteiger partial charge on any atom is -0.302 e. The highest BCUT2D eigenvalue weighted by molar-refractivity contribution is 7.98. The van der Waals surface area contributed by atoms with Crippen molar-refractivity contribution in [2.24, 2.45) is 0 Å². The molecule has 0 bridgehead atoms. The van der Waals surface area contributed by atoms with Crippen molar-refractivity contribution in [3.63, 3.8) is 0 Å². The van der Waals surface area contributed by atoms with E-state index in [2.05, 4.69) is 10.2 Å². The average Bonchev–Trinajstić information content (AvgIpc) is 2.97. The van der Waals surface area contributed by atoms with Gasteiger partial charge in [-0.3, -0.25) is 0 Å². The van der Waals surface area contributed by atoms with E-state index in [-0.39, 0.29) is 0 Å². The largest absolute Gasteiger partial charge is 0.302 e. The van der Waals surface area contributed by atoms with E-state index in [0.717, 1.165) is 16.3 Å². The highest BCUT2D eigenvalue weighted by Gasteiger charge is 2.17. The first-order valence-electron chi connectivity index (χ1n) is 7.45. The monoisotopic (exact) mass is 431 g/mol. The number of hydrogen-bond donors (Lipinski definition) is 0. The van der Waals surface area contributed by atoms with Crippen molar-refractivity contribution >= 4 is 58.2 Å². The molecule has 0 aliphatic carbocycles. The number of nitrogens with zero attached hydrogens (tertiary/aromatic N) is 3. The first-order valence-corrected chi connectivity index (χ1v) is 9.95. The van der Waals surface area contributed by atoms with E-state index in [4.69, 9.17) is 46.4 Å². The lowest BCUT2D eigenvalue weighted by Crippen LogP contribution is -2.00. The Morgan fingerprint density at radius 1 is 0.960 bits per heavy atom. The van der Waals surface area contributed by atoms with E-state index >= 15 is 0 Å². The van der Waals surface area contributed by atoms with E-state index in [1.165, 1.54) is 11.8 Å². The molecular formula is C17H13Cl4N3S. The van der Waals surface area contributed by atoms with Gasteiger partial charge in [0.2, 0.25) is 0 Å². The van der Waals surface area contributed by atoms with Crippen LogP contribution in [0.3, 0.4) is 0 Å². The molecule has 0 fully saturated rings. The van der Waals surface area contributed by atoms with Gasteiger partial charge in [0.25, 0.3) is 0 Å². The summed E-state index contributed by atoms with van der Waals surface area (Å²) in [6.07, 6.45) is 0. The van der Waals surface area contributed by atoms with Crippen molar-refractivity contribution < 1.29 is 0 Å². The zero-order valence-corrected chi connectivity index (χ0v) is 17.0. The molecule has 3 rings (SSSR count). The zero-order valence-electron chi connectivity index (χ0n) is 13.1. The van der Waals surface area contributed by atoms with Crippen LogP contribution < -0.4 is 0 Å². The lowest BCUT2D eigenvalue weighted by atomic mass is 10.2. The number of halogens is 4. The highest BCUT2D eigenvalue weighted by Crippen LogP contribution is 2.34. The van der Waals surface area contributed by atoms with Gasteiger partial charge in [0.15, 0.2) is 11.0 Å². The third-order valence-corrected chi connectivity index (χ3v) is 5.86. The molecule has 3 aromatic rings. The summed E-state index contributed by atoms with van der Waals surface area (Å²) < 4.78 is 2.00. The predicted molar refractivity (Wildman–Crippen MR) is 107 cm³/mol. The van der Waals surface area contributed by atoms with Crippen LogP contribution >= 0.6 is 58.2 Å². The zero-order chi connectivity index (χ0) is 18.0. The van der Waals surface area contributed by atoms with Gasteiger partial charge in [0.1, 0.15) is 0 Å². The van der Waals surface area contributed by atoms with Gasteiger partial charge in [-0.1, -0.05) is 64.2 Å². The first-order chi connectivity index (χ1) is 12.0. The number of rotatable bonds is 5. The van der Waals surface area contributed by atoms with Gasteiger partial charge in [-0.05, 0) is 42.8 Å². The van der Waals surface area contributed by atoms with Gasteiger partial charge in [-0.15, -0.1) is 10.2 Å². The normalized spacial score (nSPS) is 11.1. The van der Waals surface area contributed by atoms with Crippen molar-refractivity contribution in [3.05, 3.63) is 62.1 Å². The second-order valence-electron chi connectivity index (χ2n) is 5.16. The van der Waals surface area contributed by atoms with Gasteiger partial charge in [-0.2, -0.15) is 0 Å². The maximum atomic E-state index is 6.31. The standard InChI is InChI=1S/C17H13Cl4N3S/c1-2-24-16(11-7-6-10(18)8-15(11)21)22-23-17(24)25-9-12-13(19)4-3-5-14(12)20/h3-8H,2,9H2,1H3. The topological polar surface area (TPSA) is 30.7 Å². The average molecular weight is 433 g/mol. The highest BCUT2D eigenvalue weighted by atomic mass is 35.5. The third kappa shape index (κ3) is 4.09. The molecule has 0 radical (unpaired) electrons. The Hall–Kier alpha value is -0.910. The molecule has 0 aliphatic rings. The number of hydrogen-bond acceptors (Lipinski definition) is 3. The van der Waals surface area contributed by atoms with E-state index in [1.54, 1.807) is 12.1 Å². The van der Waals surface area contributed by atoms with Crippen molar-refractivity contribution in [2.75, 3.05) is 0 Å². The molecule has 8 heteroatoms. The van der Waals surface area contributed by atoms with Crippen LogP contribution in [0.25, 0.3) is 11.4 Å². The molecule has 130 valence electrons. The van der Waals surface area contributed by atoms with E-state index in [0.29, 0.717) is 38.2 Å². The SMILES string of the molecule is CCn1c(SCc2c(Cl)cccc2Cl)nnc1-c1ccc(Cl)cc1Cl. The maximum Gasteiger partial charge on any atom is 0.191 e. The van der Waals surface area contributed by atoms with Crippen LogP contribution in [-0.4, -0.2) is 14.8 Å². The molecule has 0 N–H and O–H groups in total. The second kappa shape index (κ2) is 8.19. The van der Waals surface area contributed by atoms with E-state index in [9.17, 15) is 0 Å². The third-order valence-electron chi connectivity index (χ3n) is 3.61. The molecule has 1 heterocycles. The maximum absolute atomic E-state index is 6.31. The van der Waals surface area contributed by atoms with Gasteiger partial charge in [-0.25, -0.2) is 0 Å². The van der Waals surface area contributed by atoms with Crippen molar-refractivity contribution in [2.45, 2.75) is 24.4 Å². The van der Waals surface area contributed by atoms with Crippen molar-refractivity contribution in [3.8, 4) is 11.4 Å². The molecule has 3 nitrogen and oxygen atoms in total. The van der Waals surface area contributed by atoms with Crippen LogP contribution in [0.4, 0.5) is 0 Å². The number of thioether (sulfide) groups is 1. The predicted octanol–water partition coefficient (Wildman–Crippen LogP) is 6.87. The van der Waals surface area contributed by atoms with Crippen LogP contribution in [0.2, 0.25) is 20.1 Å². The summed E-state index contributed by atoms with van der Waals surface area (Å²) in [7, 11) is 0. The Morgan fingerprint density at radius 2 is 1.68 bits per heavy atom. The quantitative estimate of drug-likeness (QED) is 0.412. The van der Waals surface area contributed by atoms with Crippen LogP contribution in [-0.2, 0) is 12.3 Å². The molecule has 2 aromatic carbocycles. The van der Waals surface area contributed by atoms with Crippen LogP contribution in [0.1, 0.15) is 12.5 Å². The Kier molecular flexibility index (Phi) is 6.18. The Bertz CT molecular complexity index is 891. The summed E-state index contributed by atoms with van der Waals surface area (Å²) in [5, 5.41) is 11.8. The lowest BCUT2D eigenvalue weighted by Gasteiger charge is -2.10. The summed E-state index contributed by atoms with van der Waals surface area (Å²) in [6.45, 7) is 2.74. The van der Waals surface area contributed by atoms with Gasteiger partial charge in [0.05, 0.1) is 5.02 Å². The number of benzene rings is 2. The fourth-order valence-electron chi connectivity index (χ4n) is 2.36. The molecule has 25 heavy (non-hydrogen) atoms. The minimum atomic E-state index is 0.542. The molecule has 0 aliphatic heterocycles. The number of aromatic nitrogens is 3. The van der Waals surface area contributed by atoms with Crippen LogP contribution in [0, 0.1) is 0 Å². The Morgan fingerprint density at radius 3 is 2.32 bits per heavy atom. The summed E-state index contributed by atoms with van der Waals surface area (Å²) in [5.41, 5.74) is 1.68. The summed E-state index contributed by atoms with van der Waals surface area (Å²) >= 11 is 26.3. The Labute approximate surface area is 170 Å². The molecule has 0 atom stereocenters. The van der Waals surface area contributed by atoms with Gasteiger partial charge in [0, 0.05) is 32.9 Å². The molecule has 1 aromatic heterocycles.